The molecule has 2 unspecified atom stereocenters. The second-order valence-electron chi connectivity index (χ2n) is 3.41. The Morgan fingerprint density at radius 1 is 1.35 bits per heavy atom. The normalized spacial score (nSPS) is 13.9. The molecule has 94 valence electrons. The second kappa shape index (κ2) is 5.51. The van der Waals surface area contributed by atoms with Crippen LogP contribution in [0.5, 0.6) is 5.75 Å². The van der Waals surface area contributed by atoms with Crippen molar-refractivity contribution in [1.82, 2.24) is 0 Å². The van der Waals surface area contributed by atoms with Gasteiger partial charge in [0, 0.05) is 11.3 Å². The van der Waals surface area contributed by atoms with Crippen LogP contribution in [0.4, 0.5) is 5.69 Å². The van der Waals surface area contributed by atoms with Crippen molar-refractivity contribution >= 4 is 11.7 Å². The monoisotopic (exact) mass is 241 g/mol. The average Bonchev–Trinajstić information content (AvgIpc) is 2.35. The lowest BCUT2D eigenvalue weighted by atomic mass is 10.0. The number of hydrogen-bond acceptors (Lipinski definition) is 6. The Kier molecular flexibility index (Phi) is 4.30. The summed E-state index contributed by atoms with van der Waals surface area (Å²) in [7, 11) is 2.53. The third-order valence-corrected chi connectivity index (χ3v) is 2.31. The fourth-order valence-electron chi connectivity index (χ4n) is 1.40. The summed E-state index contributed by atoms with van der Waals surface area (Å²) in [5.74, 6) is -0.600. The van der Waals surface area contributed by atoms with E-state index in [1.165, 1.54) is 19.2 Å². The van der Waals surface area contributed by atoms with E-state index >= 15 is 0 Å². The highest BCUT2D eigenvalue weighted by atomic mass is 16.5. The summed E-state index contributed by atoms with van der Waals surface area (Å²) in [6.45, 7) is 0. The molecule has 1 aromatic carbocycles. The second-order valence-corrected chi connectivity index (χ2v) is 3.41. The van der Waals surface area contributed by atoms with E-state index < -0.39 is 18.2 Å². The highest BCUT2D eigenvalue weighted by Gasteiger charge is 2.28. The molecule has 0 aromatic heterocycles. The number of nitrogen functional groups attached to an aromatic ring is 1. The largest absolute Gasteiger partial charge is 0.496 e. The van der Waals surface area contributed by atoms with Crippen LogP contribution in [0.2, 0.25) is 0 Å². The minimum Gasteiger partial charge on any atom is -0.496 e. The molecule has 6 nitrogen and oxygen atoms in total. The topological polar surface area (TPSA) is 102 Å². The zero-order valence-electron chi connectivity index (χ0n) is 9.58. The highest BCUT2D eigenvalue weighted by Crippen LogP contribution is 2.29. The Labute approximate surface area is 98.6 Å². The summed E-state index contributed by atoms with van der Waals surface area (Å²) in [6.07, 6.45) is -3.14. The van der Waals surface area contributed by atoms with Crippen LogP contribution in [0, 0.1) is 0 Å². The third kappa shape index (κ3) is 2.86. The van der Waals surface area contributed by atoms with Gasteiger partial charge in [0.15, 0.2) is 6.10 Å². The number of rotatable bonds is 4. The summed E-state index contributed by atoms with van der Waals surface area (Å²) in [4.78, 5) is 11.1. The number of hydrogen-bond donors (Lipinski definition) is 3. The smallest absolute Gasteiger partial charge is 0.337 e. The Bertz CT molecular complexity index is 407. The van der Waals surface area contributed by atoms with E-state index in [2.05, 4.69) is 4.74 Å². The molecule has 17 heavy (non-hydrogen) atoms. The zero-order chi connectivity index (χ0) is 13.0. The molecule has 0 amide bonds. The summed E-state index contributed by atoms with van der Waals surface area (Å²) in [5.41, 5.74) is 6.18. The number of anilines is 1. The maximum Gasteiger partial charge on any atom is 0.337 e. The van der Waals surface area contributed by atoms with Crippen LogP contribution in [0.25, 0.3) is 0 Å². The van der Waals surface area contributed by atoms with Crippen LogP contribution in [0.1, 0.15) is 11.7 Å². The van der Waals surface area contributed by atoms with Gasteiger partial charge in [-0.15, -0.1) is 0 Å². The SMILES string of the molecule is COC(=O)C(O)C(O)c1cc(N)ccc1OC. The number of ether oxygens (including phenoxy) is 2. The number of esters is 1. The molecule has 0 saturated carbocycles. The molecule has 0 heterocycles. The van der Waals surface area contributed by atoms with Crippen LogP contribution < -0.4 is 10.5 Å². The fraction of sp³-hybridized carbons (Fsp3) is 0.364. The predicted octanol–water partition coefficient (Wildman–Crippen LogP) is -0.155. The van der Waals surface area contributed by atoms with Crippen molar-refractivity contribution in [3.63, 3.8) is 0 Å². The summed E-state index contributed by atoms with van der Waals surface area (Å²) in [5, 5.41) is 19.4. The first-order valence-corrected chi connectivity index (χ1v) is 4.88. The number of aliphatic hydroxyl groups excluding tert-OH is 2. The molecule has 0 saturated heterocycles. The maximum atomic E-state index is 11.1. The minimum absolute atomic E-state index is 0.227. The number of nitrogens with two attached hydrogens (primary N) is 1. The van der Waals surface area contributed by atoms with Crippen molar-refractivity contribution in [2.45, 2.75) is 12.2 Å². The van der Waals surface area contributed by atoms with Gasteiger partial charge in [-0.25, -0.2) is 4.79 Å². The Morgan fingerprint density at radius 3 is 2.53 bits per heavy atom. The van der Waals surface area contributed by atoms with Crippen LogP contribution in [0.15, 0.2) is 18.2 Å². The number of carbonyl (C=O) groups is 1. The number of aliphatic hydroxyl groups is 2. The van der Waals surface area contributed by atoms with Crippen molar-refractivity contribution in [3.05, 3.63) is 23.8 Å². The average molecular weight is 241 g/mol. The molecule has 0 fully saturated rings. The molecule has 0 aliphatic carbocycles. The first-order valence-electron chi connectivity index (χ1n) is 4.88. The molecule has 6 heteroatoms. The van der Waals surface area contributed by atoms with E-state index in [-0.39, 0.29) is 5.56 Å². The van der Waals surface area contributed by atoms with E-state index in [1.54, 1.807) is 6.07 Å². The Balaban J connectivity index is 3.05. The van der Waals surface area contributed by atoms with Crippen LogP contribution in [-0.4, -0.2) is 36.5 Å². The van der Waals surface area contributed by atoms with Gasteiger partial charge in [-0.2, -0.15) is 0 Å². The molecule has 0 bridgehead atoms. The van der Waals surface area contributed by atoms with Crippen LogP contribution in [-0.2, 0) is 9.53 Å². The van der Waals surface area contributed by atoms with E-state index in [0.29, 0.717) is 11.4 Å². The summed E-state index contributed by atoms with van der Waals surface area (Å²) >= 11 is 0. The molecule has 0 aliphatic rings. The van der Waals surface area contributed by atoms with Gasteiger partial charge in [0.2, 0.25) is 0 Å². The molecule has 4 N–H and O–H groups in total. The zero-order valence-corrected chi connectivity index (χ0v) is 9.58. The van der Waals surface area contributed by atoms with Gasteiger partial charge in [-0.3, -0.25) is 0 Å². The number of carbonyl (C=O) groups excluding carboxylic acids is 1. The molecule has 2 atom stereocenters. The van der Waals surface area contributed by atoms with Gasteiger partial charge in [-0.05, 0) is 18.2 Å². The molecule has 1 aromatic rings. The Hall–Kier alpha value is -1.79. The molecular formula is C11H15NO5. The molecule has 1 rings (SSSR count). The third-order valence-electron chi connectivity index (χ3n) is 2.31. The molecule has 0 radical (unpaired) electrons. The van der Waals surface area contributed by atoms with Gasteiger partial charge in [0.25, 0.3) is 0 Å². The van der Waals surface area contributed by atoms with Gasteiger partial charge < -0.3 is 25.4 Å². The lowest BCUT2D eigenvalue weighted by molar-refractivity contribution is -0.156. The molecule has 0 aliphatic heterocycles. The molecule has 0 spiro atoms. The first kappa shape index (κ1) is 13.3. The summed E-state index contributed by atoms with van der Waals surface area (Å²) in [6, 6.07) is 4.55. The van der Waals surface area contributed by atoms with Crippen LogP contribution in [0.3, 0.4) is 0 Å². The van der Waals surface area contributed by atoms with Gasteiger partial charge in [0.1, 0.15) is 11.9 Å². The number of methoxy groups -OCH3 is 2. The number of benzene rings is 1. The summed E-state index contributed by atoms with van der Waals surface area (Å²) < 4.78 is 9.34. The first-order chi connectivity index (χ1) is 8.01. The highest BCUT2D eigenvalue weighted by molar-refractivity contribution is 5.75. The van der Waals surface area contributed by atoms with Gasteiger partial charge in [-0.1, -0.05) is 0 Å². The lowest BCUT2D eigenvalue weighted by Gasteiger charge is -2.18. The quantitative estimate of drug-likeness (QED) is 0.500. The van der Waals surface area contributed by atoms with Crippen molar-refractivity contribution < 1.29 is 24.5 Å². The van der Waals surface area contributed by atoms with Crippen molar-refractivity contribution in [2.24, 2.45) is 0 Å². The predicted molar refractivity (Wildman–Crippen MR) is 60.4 cm³/mol. The van der Waals surface area contributed by atoms with E-state index in [9.17, 15) is 15.0 Å². The van der Waals surface area contributed by atoms with E-state index in [4.69, 9.17) is 10.5 Å². The van der Waals surface area contributed by atoms with Crippen LogP contribution >= 0.6 is 0 Å². The lowest BCUT2D eigenvalue weighted by Crippen LogP contribution is -2.29. The minimum atomic E-state index is -1.68. The van der Waals surface area contributed by atoms with Crippen molar-refractivity contribution in [1.29, 1.82) is 0 Å². The van der Waals surface area contributed by atoms with Crippen molar-refractivity contribution in [3.8, 4) is 5.75 Å². The van der Waals surface area contributed by atoms with Crippen molar-refractivity contribution in [2.75, 3.05) is 20.0 Å². The van der Waals surface area contributed by atoms with E-state index in [1.807, 2.05) is 0 Å². The fourth-order valence-corrected chi connectivity index (χ4v) is 1.40. The van der Waals surface area contributed by atoms with Gasteiger partial charge >= 0.3 is 5.97 Å². The standard InChI is InChI=1S/C11H15NO5/c1-16-8-4-3-6(12)5-7(8)9(13)10(14)11(15)17-2/h3-5,9-10,13-14H,12H2,1-2H3. The Morgan fingerprint density at radius 2 is 2.00 bits per heavy atom. The maximum absolute atomic E-state index is 11.1. The van der Waals surface area contributed by atoms with E-state index in [0.717, 1.165) is 7.11 Å². The molecular weight excluding hydrogens is 226 g/mol. The van der Waals surface area contributed by atoms with Gasteiger partial charge in [0.05, 0.1) is 14.2 Å².